The predicted octanol–water partition coefficient (Wildman–Crippen LogP) is 1.55. The van der Waals surface area contributed by atoms with Gasteiger partial charge in [0.05, 0.1) is 25.9 Å². The first-order valence-electron chi connectivity index (χ1n) is 6.76. The summed E-state index contributed by atoms with van der Waals surface area (Å²) in [5.74, 6) is 1.16. The molecule has 0 aliphatic carbocycles. The predicted molar refractivity (Wildman–Crippen MR) is 75.2 cm³/mol. The second-order valence-electron chi connectivity index (χ2n) is 5.15. The van der Waals surface area contributed by atoms with E-state index in [0.717, 1.165) is 0 Å². The number of carbonyl (C=O) groups excluding carboxylic acids is 1. The van der Waals surface area contributed by atoms with Crippen molar-refractivity contribution in [2.24, 2.45) is 5.92 Å². The number of rotatable bonds is 3. The van der Waals surface area contributed by atoms with Crippen LogP contribution in [0, 0.1) is 5.92 Å². The lowest BCUT2D eigenvalue weighted by atomic mass is 9.96. The number of amides is 1. The highest BCUT2D eigenvalue weighted by Gasteiger charge is 2.29. The van der Waals surface area contributed by atoms with E-state index in [1.54, 1.807) is 37.3 Å². The number of likely N-dealkylation sites (tertiary alicyclic amines) is 1. The van der Waals surface area contributed by atoms with Crippen molar-refractivity contribution >= 4 is 5.91 Å². The van der Waals surface area contributed by atoms with Crippen molar-refractivity contribution in [3.8, 4) is 11.5 Å². The molecule has 5 nitrogen and oxygen atoms in total. The van der Waals surface area contributed by atoms with Crippen LogP contribution in [0.3, 0.4) is 0 Å². The average Bonchev–Trinajstić information content (AvgIpc) is 2.48. The Hall–Kier alpha value is -1.75. The van der Waals surface area contributed by atoms with E-state index in [4.69, 9.17) is 9.47 Å². The van der Waals surface area contributed by atoms with Crippen LogP contribution in [-0.2, 0) is 0 Å². The highest BCUT2D eigenvalue weighted by Crippen LogP contribution is 2.27. The van der Waals surface area contributed by atoms with Crippen molar-refractivity contribution in [2.75, 3.05) is 27.3 Å². The molecule has 1 fully saturated rings. The Morgan fingerprint density at radius 1 is 1.35 bits per heavy atom. The van der Waals surface area contributed by atoms with Crippen molar-refractivity contribution in [3.63, 3.8) is 0 Å². The third-order valence-corrected chi connectivity index (χ3v) is 3.78. The topological polar surface area (TPSA) is 59.0 Å². The molecule has 1 aliphatic heterocycles. The molecule has 1 aliphatic rings. The summed E-state index contributed by atoms with van der Waals surface area (Å²) in [5.41, 5.74) is 0.496. The summed E-state index contributed by atoms with van der Waals surface area (Å²) in [6.45, 7) is 3.07. The van der Waals surface area contributed by atoms with Crippen LogP contribution in [-0.4, -0.2) is 49.3 Å². The fourth-order valence-electron chi connectivity index (χ4n) is 2.47. The molecule has 1 N–H and O–H groups in total. The number of ether oxygens (including phenoxy) is 2. The van der Waals surface area contributed by atoms with E-state index in [-0.39, 0.29) is 17.9 Å². The first kappa shape index (κ1) is 14.7. The van der Waals surface area contributed by atoms with E-state index in [0.29, 0.717) is 36.6 Å². The zero-order chi connectivity index (χ0) is 14.7. The lowest BCUT2D eigenvalue weighted by Gasteiger charge is -2.34. The lowest BCUT2D eigenvalue weighted by Crippen LogP contribution is -2.45. The molecule has 1 amide bonds. The van der Waals surface area contributed by atoms with Gasteiger partial charge in [0.25, 0.3) is 5.91 Å². The van der Waals surface area contributed by atoms with Crippen molar-refractivity contribution in [2.45, 2.75) is 19.4 Å². The molecule has 110 valence electrons. The number of nitrogens with zero attached hydrogens (tertiary/aromatic N) is 1. The van der Waals surface area contributed by atoms with Crippen LogP contribution in [0.1, 0.15) is 23.7 Å². The van der Waals surface area contributed by atoms with Crippen LogP contribution >= 0.6 is 0 Å². The third-order valence-electron chi connectivity index (χ3n) is 3.78. The standard InChI is InChI=1S/C15H21NO4/c1-10-9-16(7-6-13(10)17)15(18)12-8-11(19-2)4-5-14(12)20-3/h4-5,8,10,13,17H,6-7,9H2,1-3H3. The average molecular weight is 279 g/mol. The van der Waals surface area contributed by atoms with Gasteiger partial charge in [-0.25, -0.2) is 0 Å². The van der Waals surface area contributed by atoms with Gasteiger partial charge in [-0.2, -0.15) is 0 Å². The lowest BCUT2D eigenvalue weighted by molar-refractivity contribution is 0.0296. The number of carbonyl (C=O) groups is 1. The van der Waals surface area contributed by atoms with Crippen molar-refractivity contribution in [1.82, 2.24) is 4.90 Å². The van der Waals surface area contributed by atoms with Gasteiger partial charge in [0.15, 0.2) is 0 Å². The van der Waals surface area contributed by atoms with Gasteiger partial charge in [-0.3, -0.25) is 4.79 Å². The van der Waals surface area contributed by atoms with Gasteiger partial charge in [0, 0.05) is 13.1 Å². The van der Waals surface area contributed by atoms with Gasteiger partial charge >= 0.3 is 0 Å². The van der Waals surface area contributed by atoms with Crippen LogP contribution in [0.2, 0.25) is 0 Å². The number of benzene rings is 1. The fraction of sp³-hybridized carbons (Fsp3) is 0.533. The molecule has 5 heteroatoms. The Morgan fingerprint density at radius 3 is 2.70 bits per heavy atom. The second-order valence-corrected chi connectivity index (χ2v) is 5.15. The van der Waals surface area contributed by atoms with Gasteiger partial charge in [-0.15, -0.1) is 0 Å². The van der Waals surface area contributed by atoms with Crippen molar-refractivity contribution in [1.29, 1.82) is 0 Å². The summed E-state index contributed by atoms with van der Waals surface area (Å²) >= 11 is 0. The molecule has 0 bridgehead atoms. The first-order valence-corrected chi connectivity index (χ1v) is 6.76. The van der Waals surface area contributed by atoms with Gasteiger partial charge in [0.2, 0.25) is 0 Å². The molecule has 1 saturated heterocycles. The summed E-state index contributed by atoms with van der Waals surface area (Å²) in [6.07, 6.45) is 0.283. The molecule has 2 unspecified atom stereocenters. The molecule has 0 aromatic heterocycles. The van der Waals surface area contributed by atoms with Gasteiger partial charge in [-0.1, -0.05) is 6.92 Å². The molecule has 1 aromatic rings. The molecule has 2 atom stereocenters. The van der Waals surface area contributed by atoms with Crippen molar-refractivity contribution < 1.29 is 19.4 Å². The minimum absolute atomic E-state index is 0.0838. The summed E-state index contributed by atoms with van der Waals surface area (Å²) in [6, 6.07) is 5.18. The largest absolute Gasteiger partial charge is 0.497 e. The first-order chi connectivity index (χ1) is 9.56. The SMILES string of the molecule is COc1ccc(OC)c(C(=O)N2CCC(O)C(C)C2)c1. The van der Waals surface area contributed by atoms with Crippen LogP contribution in [0.25, 0.3) is 0 Å². The number of aliphatic hydroxyl groups is 1. The molecular weight excluding hydrogens is 258 g/mol. The smallest absolute Gasteiger partial charge is 0.257 e. The number of methoxy groups -OCH3 is 2. The van der Waals surface area contributed by atoms with Crippen molar-refractivity contribution in [3.05, 3.63) is 23.8 Å². The highest BCUT2D eigenvalue weighted by molar-refractivity contribution is 5.97. The van der Waals surface area contributed by atoms with Crippen LogP contribution < -0.4 is 9.47 Å². The van der Waals surface area contributed by atoms with Gasteiger partial charge in [-0.05, 0) is 30.5 Å². The normalized spacial score (nSPS) is 22.5. The highest BCUT2D eigenvalue weighted by atomic mass is 16.5. The summed E-state index contributed by atoms with van der Waals surface area (Å²) in [7, 11) is 3.11. The van der Waals surface area contributed by atoms with E-state index in [1.807, 2.05) is 6.92 Å². The maximum atomic E-state index is 12.6. The Labute approximate surface area is 119 Å². The van der Waals surface area contributed by atoms with Crippen LogP contribution in [0.4, 0.5) is 0 Å². The quantitative estimate of drug-likeness (QED) is 0.912. The molecule has 0 radical (unpaired) electrons. The van der Waals surface area contributed by atoms with Gasteiger partial charge in [0.1, 0.15) is 11.5 Å². The number of hydrogen-bond acceptors (Lipinski definition) is 4. The van der Waals surface area contributed by atoms with E-state index >= 15 is 0 Å². The van der Waals surface area contributed by atoms with Crippen LogP contribution in [0.5, 0.6) is 11.5 Å². The van der Waals surface area contributed by atoms with Gasteiger partial charge < -0.3 is 19.5 Å². The summed E-state index contributed by atoms with van der Waals surface area (Å²) in [4.78, 5) is 14.4. The van der Waals surface area contributed by atoms with Crippen LogP contribution in [0.15, 0.2) is 18.2 Å². The molecule has 2 rings (SSSR count). The van der Waals surface area contributed by atoms with E-state index < -0.39 is 0 Å². The molecule has 0 spiro atoms. The fourth-order valence-corrected chi connectivity index (χ4v) is 2.47. The second kappa shape index (κ2) is 6.13. The Kier molecular flexibility index (Phi) is 4.49. The summed E-state index contributed by atoms with van der Waals surface area (Å²) in [5, 5.41) is 9.75. The number of hydrogen-bond donors (Lipinski definition) is 1. The molecule has 1 heterocycles. The Bertz CT molecular complexity index is 489. The monoisotopic (exact) mass is 279 g/mol. The summed E-state index contributed by atoms with van der Waals surface area (Å²) < 4.78 is 10.4. The molecule has 0 saturated carbocycles. The van der Waals surface area contributed by atoms with E-state index in [9.17, 15) is 9.90 Å². The molecule has 1 aromatic carbocycles. The Balaban J connectivity index is 2.24. The van der Waals surface area contributed by atoms with E-state index in [2.05, 4.69) is 0 Å². The number of piperidine rings is 1. The zero-order valence-electron chi connectivity index (χ0n) is 12.1. The molecular formula is C15H21NO4. The van der Waals surface area contributed by atoms with E-state index in [1.165, 1.54) is 0 Å². The molecule has 20 heavy (non-hydrogen) atoms. The maximum absolute atomic E-state index is 12.6. The minimum atomic E-state index is -0.328. The minimum Gasteiger partial charge on any atom is -0.497 e. The maximum Gasteiger partial charge on any atom is 0.257 e. The number of aliphatic hydroxyl groups excluding tert-OH is 1. The zero-order valence-corrected chi connectivity index (χ0v) is 12.1. The Morgan fingerprint density at radius 2 is 2.10 bits per heavy atom. The third kappa shape index (κ3) is 2.88.